The molecule has 0 spiro atoms. The molecule has 9 heteroatoms. The number of nitrogens with zero attached hydrogens (tertiary/aromatic N) is 1. The number of benzene rings is 2. The van der Waals surface area contributed by atoms with Crippen molar-refractivity contribution in [2.45, 2.75) is 24.7 Å². The molecule has 1 aliphatic rings. The van der Waals surface area contributed by atoms with Gasteiger partial charge >= 0.3 is 0 Å². The quantitative estimate of drug-likeness (QED) is 0.673. The van der Waals surface area contributed by atoms with Crippen LogP contribution < -0.4 is 10.9 Å². The number of aryl methyl sites for hydroxylation is 2. The predicted molar refractivity (Wildman–Crippen MR) is 111 cm³/mol. The maximum absolute atomic E-state index is 12.6. The number of morpholine rings is 1. The number of hydrogen-bond donors (Lipinski definition) is 2. The minimum atomic E-state index is -3.53. The van der Waals surface area contributed by atoms with E-state index in [4.69, 9.17) is 4.74 Å². The topological polar surface area (TPSA) is 105 Å². The molecule has 1 fully saturated rings. The summed E-state index contributed by atoms with van der Waals surface area (Å²) >= 11 is 0. The van der Waals surface area contributed by atoms with E-state index in [1.165, 1.54) is 4.31 Å². The minimum Gasteiger partial charge on any atom is -0.379 e. The molecule has 2 aromatic carbocycles. The van der Waals surface area contributed by atoms with Crippen molar-refractivity contribution in [2.75, 3.05) is 26.3 Å². The van der Waals surface area contributed by atoms with Gasteiger partial charge < -0.3 is 4.74 Å². The van der Waals surface area contributed by atoms with Gasteiger partial charge in [0.2, 0.25) is 15.9 Å². The van der Waals surface area contributed by atoms with Crippen LogP contribution >= 0.6 is 0 Å². The largest absolute Gasteiger partial charge is 0.379 e. The van der Waals surface area contributed by atoms with E-state index in [1.807, 2.05) is 19.1 Å². The van der Waals surface area contributed by atoms with Crippen molar-refractivity contribution in [3.63, 3.8) is 0 Å². The fourth-order valence-electron chi connectivity index (χ4n) is 3.11. The van der Waals surface area contributed by atoms with Crippen molar-refractivity contribution < 1.29 is 22.7 Å². The third-order valence-corrected chi connectivity index (χ3v) is 6.79. The molecule has 0 radical (unpaired) electrons. The Morgan fingerprint density at radius 1 is 1.00 bits per heavy atom. The van der Waals surface area contributed by atoms with E-state index in [2.05, 4.69) is 10.9 Å². The molecule has 0 bridgehead atoms. The maximum Gasteiger partial charge on any atom is 0.269 e. The Bertz CT molecular complexity index is 1000. The van der Waals surface area contributed by atoms with E-state index in [9.17, 15) is 18.0 Å². The summed E-state index contributed by atoms with van der Waals surface area (Å²) in [6.45, 7) is 3.30. The van der Waals surface area contributed by atoms with Crippen LogP contribution in [0.25, 0.3) is 0 Å². The molecule has 2 amide bonds. The van der Waals surface area contributed by atoms with Crippen LogP contribution in [0.2, 0.25) is 0 Å². The fourth-order valence-corrected chi connectivity index (χ4v) is 4.51. The summed E-state index contributed by atoms with van der Waals surface area (Å²) in [6.07, 6.45) is 0.577. The highest BCUT2D eigenvalue weighted by Crippen LogP contribution is 2.18. The number of ether oxygens (including phenoxy) is 1. The highest BCUT2D eigenvalue weighted by atomic mass is 32.2. The Labute approximate surface area is 176 Å². The molecule has 8 nitrogen and oxygen atoms in total. The minimum absolute atomic E-state index is 0.156. The molecule has 2 aromatic rings. The Kier molecular flexibility index (Phi) is 7.20. The number of sulfonamides is 1. The van der Waals surface area contributed by atoms with Crippen LogP contribution in [0.15, 0.2) is 53.4 Å². The molecular formula is C21H25N3O5S. The number of amides is 2. The highest BCUT2D eigenvalue weighted by Gasteiger charge is 2.26. The van der Waals surface area contributed by atoms with E-state index in [0.29, 0.717) is 38.3 Å². The lowest BCUT2D eigenvalue weighted by molar-refractivity contribution is -0.121. The Balaban J connectivity index is 1.49. The maximum atomic E-state index is 12.6. The number of rotatable bonds is 6. The summed E-state index contributed by atoms with van der Waals surface area (Å²) < 4.78 is 31.9. The molecule has 3 rings (SSSR count). The summed E-state index contributed by atoms with van der Waals surface area (Å²) in [5.74, 6) is -0.707. The summed E-state index contributed by atoms with van der Waals surface area (Å²) in [6, 6.07) is 13.6. The first-order chi connectivity index (χ1) is 14.4. The van der Waals surface area contributed by atoms with E-state index >= 15 is 0 Å². The van der Waals surface area contributed by atoms with Gasteiger partial charge in [0.05, 0.1) is 18.1 Å². The van der Waals surface area contributed by atoms with E-state index in [0.717, 1.165) is 11.1 Å². The predicted octanol–water partition coefficient (Wildman–Crippen LogP) is 1.41. The van der Waals surface area contributed by atoms with Crippen molar-refractivity contribution in [3.8, 4) is 0 Å². The third-order valence-electron chi connectivity index (χ3n) is 4.88. The van der Waals surface area contributed by atoms with Crippen molar-refractivity contribution in [1.29, 1.82) is 0 Å². The smallest absolute Gasteiger partial charge is 0.269 e. The normalized spacial score (nSPS) is 14.8. The molecule has 0 saturated carbocycles. The zero-order chi connectivity index (χ0) is 21.6. The van der Waals surface area contributed by atoms with Gasteiger partial charge in [-0.3, -0.25) is 20.4 Å². The van der Waals surface area contributed by atoms with Gasteiger partial charge in [0.1, 0.15) is 0 Å². The van der Waals surface area contributed by atoms with Gasteiger partial charge in [0, 0.05) is 25.1 Å². The second-order valence-electron chi connectivity index (χ2n) is 6.98. The van der Waals surface area contributed by atoms with Crippen LogP contribution in [0.1, 0.15) is 27.9 Å². The summed E-state index contributed by atoms with van der Waals surface area (Å²) in [5.41, 5.74) is 6.95. The molecule has 0 aliphatic carbocycles. The standard InChI is InChI=1S/C21H25N3O5S/c1-16-4-2-3-5-19(16)21(26)23-22-20(25)11-8-17-6-9-18(10-7-17)30(27,28)24-12-14-29-15-13-24/h2-7,9-10H,8,11-15H2,1H3,(H,22,25)(H,23,26). The van der Waals surface area contributed by atoms with Gasteiger partial charge in [-0.1, -0.05) is 30.3 Å². The molecule has 2 N–H and O–H groups in total. The monoisotopic (exact) mass is 431 g/mol. The fraction of sp³-hybridized carbons (Fsp3) is 0.333. The van der Waals surface area contributed by atoms with Crippen molar-refractivity contribution >= 4 is 21.8 Å². The van der Waals surface area contributed by atoms with Gasteiger partial charge in [0.15, 0.2) is 0 Å². The lowest BCUT2D eigenvalue weighted by atomic mass is 10.1. The second-order valence-corrected chi connectivity index (χ2v) is 8.92. The van der Waals surface area contributed by atoms with Crippen LogP contribution in [0, 0.1) is 6.92 Å². The summed E-state index contributed by atoms with van der Waals surface area (Å²) in [5, 5.41) is 0. The second kappa shape index (κ2) is 9.84. The molecule has 1 aliphatic heterocycles. The molecule has 0 unspecified atom stereocenters. The van der Waals surface area contributed by atoms with Gasteiger partial charge in [-0.2, -0.15) is 4.31 Å². The molecule has 30 heavy (non-hydrogen) atoms. The van der Waals surface area contributed by atoms with Crippen LogP contribution in [-0.4, -0.2) is 50.8 Å². The first-order valence-corrected chi connectivity index (χ1v) is 11.1. The van der Waals surface area contributed by atoms with Crippen molar-refractivity contribution in [3.05, 3.63) is 65.2 Å². The molecule has 1 saturated heterocycles. The molecular weight excluding hydrogens is 406 g/mol. The van der Waals surface area contributed by atoms with Crippen LogP contribution in [0.4, 0.5) is 0 Å². The summed E-state index contributed by atoms with van der Waals surface area (Å²) in [4.78, 5) is 24.4. The Morgan fingerprint density at radius 2 is 1.67 bits per heavy atom. The molecule has 1 heterocycles. The average molecular weight is 432 g/mol. The van der Waals surface area contributed by atoms with Crippen LogP contribution in [0.3, 0.4) is 0 Å². The Morgan fingerprint density at radius 3 is 2.33 bits per heavy atom. The van der Waals surface area contributed by atoms with E-state index in [-0.39, 0.29) is 23.1 Å². The lowest BCUT2D eigenvalue weighted by Gasteiger charge is -2.26. The van der Waals surface area contributed by atoms with Crippen molar-refractivity contribution in [2.24, 2.45) is 0 Å². The lowest BCUT2D eigenvalue weighted by Crippen LogP contribution is -2.41. The molecule has 160 valence electrons. The summed E-state index contributed by atoms with van der Waals surface area (Å²) in [7, 11) is -3.53. The SMILES string of the molecule is Cc1ccccc1C(=O)NNC(=O)CCc1ccc(S(=O)(=O)N2CCOCC2)cc1. The average Bonchev–Trinajstić information content (AvgIpc) is 2.77. The zero-order valence-corrected chi connectivity index (χ0v) is 17.6. The zero-order valence-electron chi connectivity index (χ0n) is 16.8. The molecule has 0 atom stereocenters. The first kappa shape index (κ1) is 21.9. The van der Waals surface area contributed by atoms with Crippen LogP contribution in [-0.2, 0) is 26.0 Å². The highest BCUT2D eigenvalue weighted by molar-refractivity contribution is 7.89. The number of hydrazine groups is 1. The van der Waals surface area contributed by atoms with E-state index < -0.39 is 10.0 Å². The van der Waals surface area contributed by atoms with Crippen LogP contribution in [0.5, 0.6) is 0 Å². The number of carbonyl (C=O) groups is 2. The van der Waals surface area contributed by atoms with Gasteiger partial charge in [-0.05, 0) is 42.7 Å². The van der Waals surface area contributed by atoms with E-state index in [1.54, 1.807) is 36.4 Å². The molecule has 0 aromatic heterocycles. The third kappa shape index (κ3) is 5.44. The van der Waals surface area contributed by atoms with Gasteiger partial charge in [-0.15, -0.1) is 0 Å². The number of hydrogen-bond acceptors (Lipinski definition) is 5. The van der Waals surface area contributed by atoms with Crippen molar-refractivity contribution in [1.82, 2.24) is 15.2 Å². The first-order valence-electron chi connectivity index (χ1n) is 9.69. The number of nitrogens with one attached hydrogen (secondary N) is 2. The van der Waals surface area contributed by atoms with Gasteiger partial charge in [0.25, 0.3) is 5.91 Å². The Hall–Kier alpha value is -2.75. The van der Waals surface area contributed by atoms with Gasteiger partial charge in [-0.25, -0.2) is 8.42 Å². The number of carbonyl (C=O) groups excluding carboxylic acids is 2.